The van der Waals surface area contributed by atoms with Gasteiger partial charge in [0.15, 0.2) is 11.5 Å². The number of ether oxygens (including phenoxy) is 1. The van der Waals surface area contributed by atoms with E-state index in [2.05, 4.69) is 4.90 Å². The van der Waals surface area contributed by atoms with Crippen molar-refractivity contribution in [2.24, 2.45) is 0 Å². The van der Waals surface area contributed by atoms with Gasteiger partial charge in [0.25, 0.3) is 5.91 Å². The summed E-state index contributed by atoms with van der Waals surface area (Å²) in [4.78, 5) is 16.5. The van der Waals surface area contributed by atoms with Crippen LogP contribution in [0.15, 0.2) is 40.8 Å². The van der Waals surface area contributed by atoms with E-state index in [1.54, 1.807) is 11.0 Å². The summed E-state index contributed by atoms with van der Waals surface area (Å²) in [6.07, 6.45) is 0. The van der Waals surface area contributed by atoms with Crippen LogP contribution in [0.3, 0.4) is 0 Å². The molecule has 0 saturated carbocycles. The maximum atomic E-state index is 13.7. The Labute approximate surface area is 196 Å². The van der Waals surface area contributed by atoms with Crippen LogP contribution in [0.25, 0.3) is 0 Å². The summed E-state index contributed by atoms with van der Waals surface area (Å²) >= 11 is 6.01. The number of benzene rings is 2. The van der Waals surface area contributed by atoms with Crippen LogP contribution in [0.5, 0.6) is 5.75 Å². The number of nitrogens with zero attached hydrogens (tertiary/aromatic N) is 2. The molecule has 0 aliphatic carbocycles. The standard InChI is InChI=1S/C23H18ClF5N2O3/c24-14-3-1-2-13(10-14)11-30-6-8-31(9-7-30)23(32)16-5-4-15(34-16)12-33-22-20(28)18(26)17(25)19(27)21(22)29/h1-5,10H,6-9,11-12H2. The van der Waals surface area contributed by atoms with Crippen LogP contribution >= 0.6 is 11.6 Å². The summed E-state index contributed by atoms with van der Waals surface area (Å²) in [5.41, 5.74) is 1.07. The molecule has 0 bridgehead atoms. The number of rotatable bonds is 6. The molecular weight excluding hydrogens is 483 g/mol. The highest BCUT2D eigenvalue weighted by Crippen LogP contribution is 2.30. The Morgan fingerprint density at radius 3 is 2.21 bits per heavy atom. The maximum absolute atomic E-state index is 13.7. The predicted molar refractivity (Wildman–Crippen MR) is 112 cm³/mol. The molecule has 4 rings (SSSR count). The van der Waals surface area contributed by atoms with Gasteiger partial charge < -0.3 is 14.1 Å². The summed E-state index contributed by atoms with van der Waals surface area (Å²) in [5.74, 6) is -12.5. The first kappa shape index (κ1) is 24.0. The van der Waals surface area contributed by atoms with E-state index < -0.39 is 41.4 Å². The van der Waals surface area contributed by atoms with Crippen LogP contribution in [0.1, 0.15) is 21.9 Å². The van der Waals surface area contributed by atoms with Crippen molar-refractivity contribution >= 4 is 17.5 Å². The summed E-state index contributed by atoms with van der Waals surface area (Å²) in [5, 5.41) is 0.657. The number of hydrogen-bond donors (Lipinski definition) is 0. The SMILES string of the molecule is O=C(c1ccc(COc2c(F)c(F)c(F)c(F)c2F)o1)N1CCN(Cc2cccc(Cl)c2)CC1. The van der Waals surface area contributed by atoms with Crippen LogP contribution < -0.4 is 4.74 Å². The van der Waals surface area contributed by atoms with Crippen molar-refractivity contribution in [3.05, 3.63) is 87.6 Å². The minimum Gasteiger partial charge on any atom is -0.479 e. The van der Waals surface area contributed by atoms with E-state index in [1.165, 1.54) is 12.1 Å². The molecule has 5 nitrogen and oxygen atoms in total. The van der Waals surface area contributed by atoms with Crippen molar-refractivity contribution in [3.63, 3.8) is 0 Å². The number of piperazine rings is 1. The quantitative estimate of drug-likeness (QED) is 0.266. The van der Waals surface area contributed by atoms with Crippen LogP contribution in [0, 0.1) is 29.1 Å². The second-order valence-corrected chi connectivity index (χ2v) is 8.09. The summed E-state index contributed by atoms with van der Waals surface area (Å²) in [6.45, 7) is 2.24. The predicted octanol–water partition coefficient (Wildman–Crippen LogP) is 5.17. The lowest BCUT2D eigenvalue weighted by Crippen LogP contribution is -2.48. The molecule has 180 valence electrons. The molecule has 1 saturated heterocycles. The highest BCUT2D eigenvalue weighted by atomic mass is 35.5. The third-order valence-electron chi connectivity index (χ3n) is 5.36. The average Bonchev–Trinajstić information content (AvgIpc) is 3.30. The zero-order valence-electron chi connectivity index (χ0n) is 17.6. The van der Waals surface area contributed by atoms with Crippen molar-refractivity contribution in [1.82, 2.24) is 9.80 Å². The number of amides is 1. The first-order valence-corrected chi connectivity index (χ1v) is 10.6. The van der Waals surface area contributed by atoms with Crippen molar-refractivity contribution in [1.29, 1.82) is 0 Å². The molecule has 0 radical (unpaired) electrons. The van der Waals surface area contributed by atoms with Crippen molar-refractivity contribution in [3.8, 4) is 5.75 Å². The first-order chi connectivity index (χ1) is 16.2. The molecule has 0 atom stereocenters. The van der Waals surface area contributed by atoms with Gasteiger partial charge in [0.2, 0.25) is 29.1 Å². The van der Waals surface area contributed by atoms with E-state index in [1.807, 2.05) is 18.2 Å². The summed E-state index contributed by atoms with van der Waals surface area (Å²) in [6, 6.07) is 10.2. The fourth-order valence-corrected chi connectivity index (χ4v) is 3.80. The zero-order valence-corrected chi connectivity index (χ0v) is 18.3. The van der Waals surface area contributed by atoms with Crippen molar-refractivity contribution in [2.75, 3.05) is 26.2 Å². The van der Waals surface area contributed by atoms with Crippen LogP contribution in [-0.4, -0.2) is 41.9 Å². The van der Waals surface area contributed by atoms with E-state index in [9.17, 15) is 26.7 Å². The molecule has 2 aromatic carbocycles. The molecule has 2 heterocycles. The van der Waals surface area contributed by atoms with Crippen LogP contribution in [0.4, 0.5) is 22.0 Å². The lowest BCUT2D eigenvalue weighted by atomic mass is 10.2. The normalized spacial score (nSPS) is 14.5. The molecule has 1 amide bonds. The van der Waals surface area contributed by atoms with Gasteiger partial charge >= 0.3 is 0 Å². The highest BCUT2D eigenvalue weighted by molar-refractivity contribution is 6.30. The Morgan fingerprint density at radius 2 is 1.56 bits per heavy atom. The van der Waals surface area contributed by atoms with Gasteiger partial charge in [-0.05, 0) is 29.8 Å². The largest absolute Gasteiger partial charge is 0.479 e. The van der Waals surface area contributed by atoms with Gasteiger partial charge in [0.1, 0.15) is 12.4 Å². The molecule has 1 aliphatic rings. The highest BCUT2D eigenvalue weighted by Gasteiger charge is 2.28. The van der Waals surface area contributed by atoms with Crippen LogP contribution in [0.2, 0.25) is 5.02 Å². The van der Waals surface area contributed by atoms with E-state index in [4.69, 9.17) is 20.8 Å². The first-order valence-electron chi connectivity index (χ1n) is 10.2. The van der Waals surface area contributed by atoms with Gasteiger partial charge in [-0.15, -0.1) is 0 Å². The third-order valence-corrected chi connectivity index (χ3v) is 5.59. The number of carbonyl (C=O) groups is 1. The number of hydrogen-bond acceptors (Lipinski definition) is 4. The third kappa shape index (κ3) is 5.02. The average molecular weight is 501 g/mol. The molecule has 34 heavy (non-hydrogen) atoms. The number of furan rings is 1. The molecule has 11 heteroatoms. The van der Waals surface area contributed by atoms with E-state index in [0.717, 1.165) is 5.56 Å². The lowest BCUT2D eigenvalue weighted by Gasteiger charge is -2.34. The Kier molecular flexibility index (Phi) is 7.08. The van der Waals surface area contributed by atoms with Crippen LogP contribution in [-0.2, 0) is 13.2 Å². The molecule has 1 aromatic heterocycles. The minimum absolute atomic E-state index is 0.0214. The zero-order chi connectivity index (χ0) is 24.4. The monoisotopic (exact) mass is 500 g/mol. The Balaban J connectivity index is 1.34. The molecule has 3 aromatic rings. The number of carbonyl (C=O) groups excluding carboxylic acids is 1. The Morgan fingerprint density at radius 1 is 0.912 bits per heavy atom. The van der Waals surface area contributed by atoms with Gasteiger partial charge in [0, 0.05) is 37.7 Å². The fraction of sp³-hybridized carbons (Fsp3) is 0.261. The van der Waals surface area contributed by atoms with E-state index >= 15 is 0 Å². The number of halogens is 6. The molecule has 1 aliphatic heterocycles. The van der Waals surface area contributed by atoms with Gasteiger partial charge in [-0.1, -0.05) is 23.7 Å². The minimum atomic E-state index is -2.28. The molecule has 0 N–H and O–H groups in total. The topological polar surface area (TPSA) is 45.9 Å². The second kappa shape index (κ2) is 10.0. The smallest absolute Gasteiger partial charge is 0.289 e. The van der Waals surface area contributed by atoms with Gasteiger partial charge in [0.05, 0.1) is 0 Å². The van der Waals surface area contributed by atoms with E-state index in [-0.39, 0.29) is 17.4 Å². The molecule has 1 fully saturated rings. The molecule has 0 spiro atoms. The maximum Gasteiger partial charge on any atom is 0.289 e. The van der Waals surface area contributed by atoms with Crippen molar-refractivity contribution < 1.29 is 35.9 Å². The van der Waals surface area contributed by atoms with Crippen molar-refractivity contribution in [2.45, 2.75) is 13.2 Å². The van der Waals surface area contributed by atoms with Gasteiger partial charge in [-0.2, -0.15) is 8.78 Å². The fourth-order valence-electron chi connectivity index (χ4n) is 3.58. The van der Waals surface area contributed by atoms with E-state index in [0.29, 0.717) is 37.7 Å². The van der Waals surface area contributed by atoms with Gasteiger partial charge in [-0.3, -0.25) is 9.69 Å². The summed E-state index contributed by atoms with van der Waals surface area (Å²) in [7, 11) is 0. The summed E-state index contributed by atoms with van der Waals surface area (Å²) < 4.78 is 77.3. The molecular formula is C23H18ClF5N2O3. The Bertz CT molecular complexity index is 1180. The van der Waals surface area contributed by atoms with Gasteiger partial charge in [-0.25, -0.2) is 13.2 Å². The Hall–Kier alpha value is -3.11. The molecule has 0 unspecified atom stereocenters. The second-order valence-electron chi connectivity index (χ2n) is 7.65. The lowest BCUT2D eigenvalue weighted by molar-refractivity contribution is 0.0594.